The van der Waals surface area contributed by atoms with Gasteiger partial charge in [-0.25, -0.2) is 4.98 Å². The van der Waals surface area contributed by atoms with Crippen LogP contribution in [0.4, 0.5) is 17.1 Å². The summed E-state index contributed by atoms with van der Waals surface area (Å²) in [6.45, 7) is 0. The van der Waals surface area contributed by atoms with Gasteiger partial charge in [0.05, 0.1) is 26.9 Å². The summed E-state index contributed by atoms with van der Waals surface area (Å²) in [5, 5.41) is 8.56. The molecule has 0 radical (unpaired) electrons. The van der Waals surface area contributed by atoms with Crippen LogP contribution in [0.25, 0.3) is 76.0 Å². The molecular formula is C51H37N3S. The van der Waals surface area contributed by atoms with Crippen molar-refractivity contribution in [1.82, 2.24) is 9.55 Å². The van der Waals surface area contributed by atoms with Gasteiger partial charge in [0, 0.05) is 44.2 Å². The van der Waals surface area contributed by atoms with Crippen molar-refractivity contribution in [1.29, 1.82) is 0 Å². The highest BCUT2D eigenvalue weighted by Gasteiger charge is 2.20. The van der Waals surface area contributed by atoms with Gasteiger partial charge in [0.25, 0.3) is 0 Å². The Morgan fingerprint density at radius 3 is 2.20 bits per heavy atom. The lowest BCUT2D eigenvalue weighted by molar-refractivity contribution is 0.979. The average molecular weight is 724 g/mol. The molecule has 2 aromatic heterocycles. The maximum Gasteiger partial charge on any atom is 0.124 e. The molecule has 2 heterocycles. The summed E-state index contributed by atoms with van der Waals surface area (Å²) in [7, 11) is 0. The zero-order chi connectivity index (χ0) is 36.3. The van der Waals surface area contributed by atoms with Crippen LogP contribution in [0.1, 0.15) is 30.7 Å². The first kappa shape index (κ1) is 32.0. The van der Waals surface area contributed by atoms with Crippen LogP contribution in [0.2, 0.25) is 0 Å². The third-order valence-corrected chi connectivity index (χ3v) is 12.4. The quantitative estimate of drug-likeness (QED) is 0.159. The predicted octanol–water partition coefficient (Wildman–Crippen LogP) is 14.8. The molecule has 0 unspecified atom stereocenters. The van der Waals surface area contributed by atoms with E-state index in [9.17, 15) is 0 Å². The Morgan fingerprint density at radius 2 is 1.35 bits per heavy atom. The van der Waals surface area contributed by atoms with E-state index in [2.05, 4.69) is 185 Å². The minimum absolute atomic E-state index is 1.04. The Morgan fingerprint density at radius 1 is 0.582 bits per heavy atom. The molecule has 0 fully saturated rings. The minimum atomic E-state index is 1.04. The Kier molecular flexibility index (Phi) is 7.63. The van der Waals surface area contributed by atoms with E-state index in [0.29, 0.717) is 0 Å². The molecule has 7 aromatic carbocycles. The van der Waals surface area contributed by atoms with Crippen molar-refractivity contribution in [2.45, 2.75) is 25.7 Å². The summed E-state index contributed by atoms with van der Waals surface area (Å²) >= 11 is 1.79. The first-order valence-electron chi connectivity index (χ1n) is 19.3. The normalized spacial score (nSPS) is 14.3. The summed E-state index contributed by atoms with van der Waals surface area (Å²) in [4.78, 5) is 7.60. The summed E-state index contributed by atoms with van der Waals surface area (Å²) in [6.07, 6.45) is 17.8. The Balaban J connectivity index is 1.04. The molecule has 0 saturated carbocycles. The lowest BCUT2D eigenvalue weighted by atomic mass is 9.98. The van der Waals surface area contributed by atoms with Crippen molar-refractivity contribution in [3.05, 3.63) is 181 Å². The Bertz CT molecular complexity index is 3080. The van der Waals surface area contributed by atoms with E-state index in [1.165, 1.54) is 70.4 Å². The molecule has 262 valence electrons. The number of hydrogen-bond donors (Lipinski definition) is 0. The van der Waals surface area contributed by atoms with Crippen LogP contribution >= 0.6 is 11.3 Å². The van der Waals surface area contributed by atoms with Crippen LogP contribution in [0.5, 0.6) is 0 Å². The summed E-state index contributed by atoms with van der Waals surface area (Å²) in [6, 6.07) is 51.3. The summed E-state index contributed by atoms with van der Waals surface area (Å²) in [5.74, 6) is 0. The molecule has 55 heavy (non-hydrogen) atoms. The van der Waals surface area contributed by atoms with Crippen LogP contribution in [0, 0.1) is 0 Å². The average Bonchev–Trinajstić information content (AvgIpc) is 3.85. The van der Waals surface area contributed by atoms with Gasteiger partial charge in [-0.1, -0.05) is 121 Å². The Hall–Kier alpha value is -6.49. The highest BCUT2D eigenvalue weighted by Crippen LogP contribution is 2.44. The van der Waals surface area contributed by atoms with E-state index in [4.69, 9.17) is 4.98 Å². The van der Waals surface area contributed by atoms with Gasteiger partial charge in [0.2, 0.25) is 0 Å². The first-order chi connectivity index (χ1) is 27.3. The number of anilines is 3. The number of para-hydroxylation sites is 2. The van der Waals surface area contributed by atoms with Gasteiger partial charge >= 0.3 is 0 Å². The van der Waals surface area contributed by atoms with Crippen LogP contribution < -0.4 is 4.90 Å². The second-order valence-corrected chi connectivity index (χ2v) is 15.5. The highest BCUT2D eigenvalue weighted by molar-refractivity contribution is 7.19. The summed E-state index contributed by atoms with van der Waals surface area (Å²) in [5.41, 5.74) is 12.0. The predicted molar refractivity (Wildman–Crippen MR) is 237 cm³/mol. The monoisotopic (exact) mass is 723 g/mol. The molecule has 0 amide bonds. The number of rotatable bonds is 6. The number of benzene rings is 7. The van der Waals surface area contributed by atoms with E-state index in [1.807, 2.05) is 0 Å². The van der Waals surface area contributed by atoms with Gasteiger partial charge in [0.1, 0.15) is 5.01 Å². The molecule has 2 aliphatic rings. The minimum Gasteiger partial charge on any atom is -0.313 e. The van der Waals surface area contributed by atoms with E-state index in [0.717, 1.165) is 53.3 Å². The molecule has 0 spiro atoms. The van der Waals surface area contributed by atoms with Crippen molar-refractivity contribution < 1.29 is 0 Å². The van der Waals surface area contributed by atoms with Gasteiger partial charge in [-0.3, -0.25) is 0 Å². The van der Waals surface area contributed by atoms with Gasteiger partial charge in [0.15, 0.2) is 0 Å². The second kappa shape index (κ2) is 13.1. The zero-order valence-corrected chi connectivity index (χ0v) is 31.1. The van der Waals surface area contributed by atoms with Crippen molar-refractivity contribution in [2.24, 2.45) is 0 Å². The highest BCUT2D eigenvalue weighted by atomic mass is 32.1. The van der Waals surface area contributed by atoms with Crippen molar-refractivity contribution >= 4 is 93.2 Å². The molecular weight excluding hydrogens is 687 g/mol. The fraction of sp³-hybridized carbons (Fsp3) is 0.0784. The third-order valence-electron chi connectivity index (χ3n) is 11.3. The second-order valence-electron chi connectivity index (χ2n) is 14.5. The van der Waals surface area contributed by atoms with Crippen molar-refractivity contribution in [2.75, 3.05) is 4.90 Å². The number of thiazole rings is 1. The van der Waals surface area contributed by atoms with Gasteiger partial charge in [-0.15, -0.1) is 11.3 Å². The molecule has 11 rings (SSSR count). The van der Waals surface area contributed by atoms with E-state index < -0.39 is 0 Å². The fourth-order valence-electron chi connectivity index (χ4n) is 8.78. The van der Waals surface area contributed by atoms with Crippen LogP contribution in [0.15, 0.2) is 176 Å². The summed E-state index contributed by atoms with van der Waals surface area (Å²) < 4.78 is 3.70. The van der Waals surface area contributed by atoms with E-state index >= 15 is 0 Å². The molecule has 0 bridgehead atoms. The van der Waals surface area contributed by atoms with Crippen molar-refractivity contribution in [3.8, 4) is 11.1 Å². The molecule has 0 N–H and O–H groups in total. The molecule has 3 nitrogen and oxygen atoms in total. The number of allylic oxidation sites excluding steroid dienone is 8. The smallest absolute Gasteiger partial charge is 0.124 e. The molecule has 0 saturated heterocycles. The zero-order valence-electron chi connectivity index (χ0n) is 30.3. The standard InChI is InChI=1S/C51H37N3S/c1-4-14-35(15-5-1)51-52-50-43-31-30-42-40(41(43)32-33-48(50)55-51)22-13-24-45(42)53(36-16-6-2-7-17-36)38-28-26-34(27-29-38)39-21-12-25-47-49(39)44-20-10-11-23-46(44)54(47)37-18-8-3-9-19-37/h2-4,6-8,10-18,20-33H,1,5,9,19H2. The maximum atomic E-state index is 5.20. The molecule has 9 aromatic rings. The van der Waals surface area contributed by atoms with Gasteiger partial charge in [-0.05, 0) is 102 Å². The number of aromatic nitrogens is 2. The van der Waals surface area contributed by atoms with Crippen LogP contribution in [0.3, 0.4) is 0 Å². The van der Waals surface area contributed by atoms with Crippen molar-refractivity contribution in [3.63, 3.8) is 0 Å². The number of nitrogens with zero attached hydrogens (tertiary/aromatic N) is 3. The van der Waals surface area contributed by atoms with E-state index in [-0.39, 0.29) is 0 Å². The molecule has 0 aliphatic heterocycles. The number of fused-ring (bicyclic) bond motifs is 8. The Labute approximate surface area is 324 Å². The lowest BCUT2D eigenvalue weighted by Gasteiger charge is -2.27. The SMILES string of the molecule is C1=CCCC(n2c3ccccc3c3c(-c4ccc(N(c5ccccc5)c5cccc6c5ccc5c6ccc6sc(C7=CCCC=C7)nc65)cc4)cccc32)=C1. The fourth-order valence-corrected chi connectivity index (χ4v) is 9.78. The van der Waals surface area contributed by atoms with Crippen LogP contribution in [-0.4, -0.2) is 9.55 Å². The van der Waals surface area contributed by atoms with Gasteiger partial charge < -0.3 is 9.47 Å². The number of hydrogen-bond acceptors (Lipinski definition) is 3. The molecule has 4 heteroatoms. The maximum absolute atomic E-state index is 5.20. The topological polar surface area (TPSA) is 21.1 Å². The lowest BCUT2D eigenvalue weighted by Crippen LogP contribution is -2.10. The third kappa shape index (κ3) is 5.28. The molecule has 0 atom stereocenters. The van der Waals surface area contributed by atoms with Gasteiger partial charge in [-0.2, -0.15) is 0 Å². The van der Waals surface area contributed by atoms with Crippen LogP contribution in [-0.2, 0) is 0 Å². The first-order valence-corrected chi connectivity index (χ1v) is 20.1. The van der Waals surface area contributed by atoms with E-state index in [1.54, 1.807) is 11.3 Å². The molecule has 2 aliphatic carbocycles. The largest absolute Gasteiger partial charge is 0.313 e.